The van der Waals surface area contributed by atoms with Crippen LogP contribution >= 0.6 is 0 Å². The third-order valence-electron chi connectivity index (χ3n) is 2.69. The topological polar surface area (TPSA) is 126 Å². The van der Waals surface area contributed by atoms with Gasteiger partial charge in [0, 0.05) is 5.56 Å². The van der Waals surface area contributed by atoms with Gasteiger partial charge >= 0.3 is 11.7 Å². The van der Waals surface area contributed by atoms with Crippen molar-refractivity contribution in [3.63, 3.8) is 0 Å². The minimum absolute atomic E-state index is 0.0373. The largest absolute Gasteiger partial charge is 0.380 e. The fourth-order valence-electron chi connectivity index (χ4n) is 1.58. The first-order valence-electron chi connectivity index (χ1n) is 6.32. The summed E-state index contributed by atoms with van der Waals surface area (Å²) in [5.74, 6) is -0.527. The number of aryl methyl sites for hydroxylation is 1. The number of rotatable bonds is 6. The van der Waals surface area contributed by atoms with Crippen LogP contribution in [-0.4, -0.2) is 26.5 Å². The van der Waals surface area contributed by atoms with E-state index in [0.29, 0.717) is 5.56 Å². The molecule has 22 heavy (non-hydrogen) atoms. The summed E-state index contributed by atoms with van der Waals surface area (Å²) in [6.07, 6.45) is 2.30. The Morgan fingerprint density at radius 1 is 1.41 bits per heavy atom. The molecule has 0 aliphatic carbocycles. The highest BCUT2D eigenvalue weighted by Gasteiger charge is 2.10. The Hall–Kier alpha value is -3.23. The Labute approximate surface area is 125 Å². The predicted molar refractivity (Wildman–Crippen MR) is 76.8 cm³/mol. The van der Waals surface area contributed by atoms with E-state index in [9.17, 15) is 14.9 Å². The molecule has 9 heteroatoms. The lowest BCUT2D eigenvalue weighted by molar-refractivity contribution is -0.385. The zero-order valence-electron chi connectivity index (χ0n) is 11.5. The van der Waals surface area contributed by atoms with Crippen molar-refractivity contribution in [2.24, 2.45) is 10.9 Å². The minimum Gasteiger partial charge on any atom is -0.380 e. The maximum Gasteiger partial charge on any atom is 0.336 e. The average molecular weight is 303 g/mol. The highest BCUT2D eigenvalue weighted by molar-refractivity contribution is 5.97. The number of amidine groups is 1. The maximum absolute atomic E-state index is 11.5. The molecule has 9 nitrogen and oxygen atoms in total. The average Bonchev–Trinajstić information content (AvgIpc) is 3.00. The molecule has 2 rings (SSSR count). The summed E-state index contributed by atoms with van der Waals surface area (Å²) < 4.78 is 1.28. The molecule has 0 saturated carbocycles. The van der Waals surface area contributed by atoms with Crippen molar-refractivity contribution in [3.8, 4) is 0 Å². The molecule has 2 aromatic rings. The van der Waals surface area contributed by atoms with Crippen LogP contribution in [0.5, 0.6) is 0 Å². The van der Waals surface area contributed by atoms with Crippen molar-refractivity contribution in [1.82, 2.24) is 9.78 Å². The highest BCUT2D eigenvalue weighted by atomic mass is 16.7. The number of aromatic nitrogens is 2. The number of hydrogen-bond acceptors (Lipinski definition) is 6. The first-order valence-corrected chi connectivity index (χ1v) is 6.32. The summed E-state index contributed by atoms with van der Waals surface area (Å²) in [5, 5.41) is 17.8. The van der Waals surface area contributed by atoms with Crippen LogP contribution < -0.4 is 5.73 Å². The van der Waals surface area contributed by atoms with Crippen LogP contribution in [0, 0.1) is 10.1 Å². The number of hydrogen-bond donors (Lipinski definition) is 1. The predicted octanol–water partition coefficient (Wildman–Crippen LogP) is 1.05. The van der Waals surface area contributed by atoms with Gasteiger partial charge in [0.25, 0.3) is 0 Å². The van der Waals surface area contributed by atoms with Gasteiger partial charge in [-0.3, -0.25) is 14.8 Å². The van der Waals surface area contributed by atoms with Crippen molar-refractivity contribution >= 4 is 17.5 Å². The number of benzene rings is 1. The summed E-state index contributed by atoms with van der Waals surface area (Å²) in [6.45, 7) is 0.146. The lowest BCUT2D eigenvalue weighted by atomic mass is 10.2. The van der Waals surface area contributed by atoms with Gasteiger partial charge in [-0.2, -0.15) is 5.10 Å². The summed E-state index contributed by atoms with van der Waals surface area (Å²) in [7, 11) is 0. The number of carbonyl (C=O) groups is 1. The van der Waals surface area contributed by atoms with Crippen LogP contribution in [0.1, 0.15) is 12.0 Å². The molecule has 114 valence electrons. The molecule has 2 N–H and O–H groups in total. The second-order valence-corrected chi connectivity index (χ2v) is 4.27. The lowest BCUT2D eigenvalue weighted by Crippen LogP contribution is -2.15. The second-order valence-electron chi connectivity index (χ2n) is 4.27. The van der Waals surface area contributed by atoms with Gasteiger partial charge < -0.3 is 10.6 Å². The maximum atomic E-state index is 11.5. The molecule has 0 radical (unpaired) electrons. The summed E-state index contributed by atoms with van der Waals surface area (Å²) in [6, 6.07) is 8.85. The van der Waals surface area contributed by atoms with Gasteiger partial charge in [-0.15, -0.1) is 0 Å². The first kappa shape index (κ1) is 15.2. The number of nitrogens with zero attached hydrogens (tertiary/aromatic N) is 4. The molecule has 1 heterocycles. The van der Waals surface area contributed by atoms with Crippen molar-refractivity contribution in [2.75, 3.05) is 0 Å². The molecule has 1 aromatic carbocycles. The fourth-order valence-corrected chi connectivity index (χ4v) is 1.58. The number of nitrogens with two attached hydrogens (primary N) is 1. The van der Waals surface area contributed by atoms with E-state index in [-0.39, 0.29) is 24.5 Å². The van der Waals surface area contributed by atoms with E-state index in [1.807, 2.05) is 6.07 Å². The first-order chi connectivity index (χ1) is 10.6. The van der Waals surface area contributed by atoms with E-state index in [2.05, 4.69) is 15.1 Å². The smallest absolute Gasteiger partial charge is 0.336 e. The number of carbonyl (C=O) groups excluding carboxylic acids is 1. The normalized spacial score (nSPS) is 11.2. The summed E-state index contributed by atoms with van der Waals surface area (Å²) in [5.41, 5.74) is 6.17. The van der Waals surface area contributed by atoms with Gasteiger partial charge in [-0.25, -0.2) is 4.79 Å². The van der Waals surface area contributed by atoms with Crippen LogP contribution in [0.4, 0.5) is 5.69 Å². The quantitative estimate of drug-likeness (QED) is 0.279. The van der Waals surface area contributed by atoms with Gasteiger partial charge in [0.2, 0.25) is 0 Å². The molecule has 0 aliphatic rings. The highest BCUT2D eigenvalue weighted by Crippen LogP contribution is 2.08. The second kappa shape index (κ2) is 6.97. The van der Waals surface area contributed by atoms with Crippen LogP contribution in [0.2, 0.25) is 0 Å². The Morgan fingerprint density at radius 2 is 2.14 bits per heavy atom. The van der Waals surface area contributed by atoms with E-state index in [1.54, 1.807) is 24.3 Å². The van der Waals surface area contributed by atoms with Crippen molar-refractivity contribution in [2.45, 2.75) is 13.0 Å². The molecule has 0 bridgehead atoms. The zero-order chi connectivity index (χ0) is 15.9. The summed E-state index contributed by atoms with van der Waals surface area (Å²) in [4.78, 5) is 26.1. The van der Waals surface area contributed by atoms with Crippen LogP contribution in [0.25, 0.3) is 0 Å². The molecule has 0 spiro atoms. The molecule has 0 fully saturated rings. The number of nitro groups is 1. The van der Waals surface area contributed by atoms with E-state index in [0.717, 1.165) is 6.20 Å². The Kier molecular flexibility index (Phi) is 4.81. The van der Waals surface area contributed by atoms with E-state index >= 15 is 0 Å². The van der Waals surface area contributed by atoms with Crippen molar-refractivity contribution < 1.29 is 14.6 Å². The molecule has 0 unspecified atom stereocenters. The van der Waals surface area contributed by atoms with E-state index < -0.39 is 10.9 Å². The lowest BCUT2D eigenvalue weighted by Gasteiger charge is -2.01. The van der Waals surface area contributed by atoms with Crippen LogP contribution in [0.3, 0.4) is 0 Å². The Morgan fingerprint density at radius 3 is 2.77 bits per heavy atom. The third-order valence-corrected chi connectivity index (χ3v) is 2.69. The van der Waals surface area contributed by atoms with Crippen LogP contribution in [0.15, 0.2) is 47.9 Å². The van der Waals surface area contributed by atoms with Crippen molar-refractivity contribution in [1.29, 1.82) is 0 Å². The van der Waals surface area contributed by atoms with E-state index in [4.69, 9.17) is 5.73 Å². The van der Waals surface area contributed by atoms with Gasteiger partial charge in [-0.1, -0.05) is 35.5 Å². The molecule has 0 atom stereocenters. The Bertz CT molecular complexity index is 695. The molecule has 1 aromatic heterocycles. The molecular weight excluding hydrogens is 290 g/mol. The molecule has 0 aliphatic heterocycles. The van der Waals surface area contributed by atoms with Gasteiger partial charge in [0.1, 0.15) is 12.4 Å². The van der Waals surface area contributed by atoms with Crippen molar-refractivity contribution in [3.05, 3.63) is 58.4 Å². The van der Waals surface area contributed by atoms with Crippen LogP contribution in [-0.2, 0) is 16.2 Å². The number of oxime groups is 1. The Balaban J connectivity index is 1.84. The van der Waals surface area contributed by atoms with Gasteiger partial charge in [0.05, 0.1) is 17.9 Å². The molecular formula is C13H13N5O4. The summed E-state index contributed by atoms with van der Waals surface area (Å²) >= 11 is 0. The third kappa shape index (κ3) is 4.13. The fraction of sp³-hybridized carbons (Fsp3) is 0.154. The molecule has 0 saturated heterocycles. The van der Waals surface area contributed by atoms with Gasteiger partial charge in [-0.05, 0) is 0 Å². The SMILES string of the molecule is N/C(=N\OC(=O)CCn1cc([N+](=O)[O-])cn1)c1ccccc1. The van der Waals surface area contributed by atoms with Gasteiger partial charge in [0.15, 0.2) is 5.84 Å². The standard InChI is InChI=1S/C13H13N5O4/c14-13(10-4-2-1-3-5-10)16-22-12(19)6-7-17-9-11(8-15-17)18(20)21/h1-5,8-9H,6-7H2,(H2,14,16). The minimum atomic E-state index is -0.614. The van der Waals surface area contributed by atoms with E-state index in [1.165, 1.54) is 10.9 Å². The molecule has 0 amide bonds. The monoisotopic (exact) mass is 303 g/mol. The zero-order valence-corrected chi connectivity index (χ0v) is 11.5.